The molecule has 1 aliphatic rings. The van der Waals surface area contributed by atoms with E-state index >= 15 is 0 Å². The van der Waals surface area contributed by atoms with Crippen molar-refractivity contribution < 1.29 is 4.74 Å². The minimum absolute atomic E-state index is 0.124. The molecule has 0 spiro atoms. The van der Waals surface area contributed by atoms with Gasteiger partial charge in [0.15, 0.2) is 0 Å². The SMILES string of the molecule is N#Cc1ccc(N2CCC(Oc3cncc(Br)c3)C2)nc1. The molecule has 1 aliphatic heterocycles. The highest BCUT2D eigenvalue weighted by atomic mass is 79.9. The molecule has 1 atom stereocenters. The van der Waals surface area contributed by atoms with E-state index in [4.69, 9.17) is 10.00 Å². The number of aromatic nitrogens is 2. The zero-order valence-corrected chi connectivity index (χ0v) is 12.8. The van der Waals surface area contributed by atoms with E-state index in [0.29, 0.717) is 5.56 Å². The summed E-state index contributed by atoms with van der Waals surface area (Å²) in [5.74, 6) is 1.65. The highest BCUT2D eigenvalue weighted by Gasteiger charge is 2.25. The van der Waals surface area contributed by atoms with Crippen molar-refractivity contribution in [2.24, 2.45) is 0 Å². The summed E-state index contributed by atoms with van der Waals surface area (Å²) < 4.78 is 6.84. The van der Waals surface area contributed by atoms with Crippen LogP contribution in [0.25, 0.3) is 0 Å². The van der Waals surface area contributed by atoms with Gasteiger partial charge in [-0.05, 0) is 34.1 Å². The first-order valence-electron chi connectivity index (χ1n) is 6.63. The van der Waals surface area contributed by atoms with Crippen molar-refractivity contribution >= 4 is 21.7 Å². The number of nitriles is 1. The lowest BCUT2D eigenvalue weighted by Gasteiger charge is -2.18. The van der Waals surface area contributed by atoms with E-state index in [-0.39, 0.29) is 6.10 Å². The number of hydrogen-bond donors (Lipinski definition) is 0. The molecule has 3 heterocycles. The van der Waals surface area contributed by atoms with E-state index < -0.39 is 0 Å². The number of anilines is 1. The standard InChI is InChI=1S/C15H13BrN4O/c16-12-5-14(9-18-8-12)21-13-3-4-20(10-13)15-2-1-11(6-17)7-19-15/h1-2,5,7-9,13H,3-4,10H2. The Morgan fingerprint density at radius 3 is 2.95 bits per heavy atom. The third-order valence-electron chi connectivity index (χ3n) is 3.33. The van der Waals surface area contributed by atoms with Crippen LogP contribution in [0.15, 0.2) is 41.3 Å². The van der Waals surface area contributed by atoms with Gasteiger partial charge in [0.05, 0.1) is 18.3 Å². The molecule has 0 radical (unpaired) electrons. The molecule has 0 saturated carbocycles. The van der Waals surface area contributed by atoms with E-state index in [0.717, 1.165) is 35.6 Å². The van der Waals surface area contributed by atoms with Crippen molar-refractivity contribution in [1.82, 2.24) is 9.97 Å². The van der Waals surface area contributed by atoms with Gasteiger partial charge in [0, 0.05) is 29.8 Å². The summed E-state index contributed by atoms with van der Waals surface area (Å²) in [6, 6.07) is 7.65. The molecule has 1 saturated heterocycles. The van der Waals surface area contributed by atoms with Crippen LogP contribution in [0.3, 0.4) is 0 Å². The molecule has 0 bridgehead atoms. The number of ether oxygens (including phenoxy) is 1. The molecule has 3 rings (SSSR count). The van der Waals surface area contributed by atoms with Gasteiger partial charge in [0.1, 0.15) is 23.7 Å². The Labute approximate surface area is 131 Å². The second-order valence-electron chi connectivity index (χ2n) is 4.83. The first kappa shape index (κ1) is 13.8. The summed E-state index contributed by atoms with van der Waals surface area (Å²) in [5.41, 5.74) is 0.575. The Balaban J connectivity index is 1.63. The average molecular weight is 345 g/mol. The highest BCUT2D eigenvalue weighted by molar-refractivity contribution is 9.10. The molecule has 106 valence electrons. The molecule has 2 aromatic rings. The smallest absolute Gasteiger partial charge is 0.139 e. The molecule has 1 fully saturated rings. The largest absolute Gasteiger partial charge is 0.487 e. The van der Waals surface area contributed by atoms with Gasteiger partial charge in [0.25, 0.3) is 0 Å². The molecule has 0 amide bonds. The third kappa shape index (κ3) is 3.31. The summed E-state index contributed by atoms with van der Waals surface area (Å²) in [7, 11) is 0. The van der Waals surface area contributed by atoms with Crippen LogP contribution in [0.1, 0.15) is 12.0 Å². The maximum absolute atomic E-state index is 8.79. The highest BCUT2D eigenvalue weighted by Crippen LogP contribution is 2.23. The van der Waals surface area contributed by atoms with Crippen LogP contribution >= 0.6 is 15.9 Å². The molecule has 0 N–H and O–H groups in total. The summed E-state index contributed by atoms with van der Waals surface area (Å²) in [6.45, 7) is 1.68. The Hall–Kier alpha value is -2.13. The zero-order chi connectivity index (χ0) is 14.7. The Kier molecular flexibility index (Phi) is 4.02. The predicted molar refractivity (Wildman–Crippen MR) is 82.1 cm³/mol. The summed E-state index contributed by atoms with van der Waals surface area (Å²) in [5, 5.41) is 8.79. The second kappa shape index (κ2) is 6.10. The number of rotatable bonds is 3. The van der Waals surface area contributed by atoms with Gasteiger partial charge in [-0.2, -0.15) is 5.26 Å². The monoisotopic (exact) mass is 344 g/mol. The molecular formula is C15H13BrN4O. The lowest BCUT2D eigenvalue weighted by Crippen LogP contribution is -2.25. The first-order chi connectivity index (χ1) is 10.2. The van der Waals surface area contributed by atoms with Crippen LogP contribution in [0.5, 0.6) is 5.75 Å². The van der Waals surface area contributed by atoms with Crippen LogP contribution in [0.4, 0.5) is 5.82 Å². The minimum atomic E-state index is 0.124. The quantitative estimate of drug-likeness (QED) is 0.856. The van der Waals surface area contributed by atoms with Gasteiger partial charge < -0.3 is 9.64 Å². The van der Waals surface area contributed by atoms with Gasteiger partial charge in [-0.15, -0.1) is 0 Å². The third-order valence-corrected chi connectivity index (χ3v) is 3.76. The van der Waals surface area contributed by atoms with E-state index in [2.05, 4.69) is 36.9 Å². The number of hydrogen-bond acceptors (Lipinski definition) is 5. The van der Waals surface area contributed by atoms with E-state index in [9.17, 15) is 0 Å². The minimum Gasteiger partial charge on any atom is -0.487 e. The van der Waals surface area contributed by atoms with Crippen molar-refractivity contribution in [1.29, 1.82) is 5.26 Å². The van der Waals surface area contributed by atoms with Gasteiger partial charge in [-0.1, -0.05) is 0 Å². The van der Waals surface area contributed by atoms with Crippen molar-refractivity contribution in [3.05, 3.63) is 46.8 Å². The van der Waals surface area contributed by atoms with E-state index in [1.165, 1.54) is 0 Å². The van der Waals surface area contributed by atoms with Crippen molar-refractivity contribution in [2.75, 3.05) is 18.0 Å². The normalized spacial score (nSPS) is 17.5. The fourth-order valence-electron chi connectivity index (χ4n) is 2.32. The van der Waals surface area contributed by atoms with Crippen molar-refractivity contribution in [3.8, 4) is 11.8 Å². The van der Waals surface area contributed by atoms with Gasteiger partial charge >= 0.3 is 0 Å². The van der Waals surface area contributed by atoms with E-state index in [1.54, 1.807) is 24.7 Å². The molecule has 0 aromatic carbocycles. The lowest BCUT2D eigenvalue weighted by molar-refractivity contribution is 0.224. The van der Waals surface area contributed by atoms with Gasteiger partial charge in [-0.25, -0.2) is 4.98 Å². The molecule has 1 unspecified atom stereocenters. The van der Waals surface area contributed by atoms with E-state index in [1.807, 2.05) is 12.1 Å². The van der Waals surface area contributed by atoms with Crippen molar-refractivity contribution in [3.63, 3.8) is 0 Å². The van der Waals surface area contributed by atoms with Crippen molar-refractivity contribution in [2.45, 2.75) is 12.5 Å². The predicted octanol–water partition coefficient (Wildman–Crippen LogP) is 2.77. The molecule has 6 heteroatoms. The Morgan fingerprint density at radius 2 is 2.24 bits per heavy atom. The summed E-state index contributed by atoms with van der Waals surface area (Å²) >= 11 is 3.38. The van der Waals surface area contributed by atoms with Crippen LogP contribution in [0, 0.1) is 11.3 Å². The number of halogens is 1. The Morgan fingerprint density at radius 1 is 1.33 bits per heavy atom. The number of nitrogens with zero attached hydrogens (tertiary/aromatic N) is 4. The molecule has 0 aliphatic carbocycles. The maximum atomic E-state index is 8.79. The maximum Gasteiger partial charge on any atom is 0.139 e. The fraction of sp³-hybridized carbons (Fsp3) is 0.267. The van der Waals surface area contributed by atoms with Crippen LogP contribution in [-0.2, 0) is 0 Å². The first-order valence-corrected chi connectivity index (χ1v) is 7.42. The fourth-order valence-corrected chi connectivity index (χ4v) is 2.66. The average Bonchev–Trinajstić information content (AvgIpc) is 2.96. The molecule has 5 nitrogen and oxygen atoms in total. The second-order valence-corrected chi connectivity index (χ2v) is 5.75. The van der Waals surface area contributed by atoms with Crippen LogP contribution < -0.4 is 9.64 Å². The summed E-state index contributed by atoms with van der Waals surface area (Å²) in [4.78, 5) is 10.6. The number of pyridine rings is 2. The topological polar surface area (TPSA) is 62.0 Å². The molecule has 21 heavy (non-hydrogen) atoms. The van der Waals surface area contributed by atoms with Gasteiger partial charge in [-0.3, -0.25) is 4.98 Å². The zero-order valence-electron chi connectivity index (χ0n) is 11.2. The lowest BCUT2D eigenvalue weighted by atomic mass is 10.3. The van der Waals surface area contributed by atoms with Crippen LogP contribution in [0.2, 0.25) is 0 Å². The van der Waals surface area contributed by atoms with Gasteiger partial charge in [0.2, 0.25) is 0 Å². The summed E-state index contributed by atoms with van der Waals surface area (Å²) in [6.07, 6.45) is 6.11. The van der Waals surface area contributed by atoms with Crippen LogP contribution in [-0.4, -0.2) is 29.2 Å². The Bertz CT molecular complexity index is 668. The molecular weight excluding hydrogens is 332 g/mol. The molecule has 2 aromatic heterocycles.